The highest BCUT2D eigenvalue weighted by Crippen LogP contribution is 2.23. The van der Waals surface area contributed by atoms with Crippen LogP contribution in [0.1, 0.15) is 5.56 Å². The topological polar surface area (TPSA) is 38.7 Å². The molecule has 0 bridgehead atoms. The van der Waals surface area contributed by atoms with Gasteiger partial charge in [-0.15, -0.1) is 6.58 Å². The summed E-state index contributed by atoms with van der Waals surface area (Å²) >= 11 is 0. The third kappa shape index (κ3) is 2.78. The van der Waals surface area contributed by atoms with E-state index in [4.69, 9.17) is 14.6 Å². The van der Waals surface area contributed by atoms with Crippen molar-refractivity contribution < 1.29 is 14.6 Å². The van der Waals surface area contributed by atoms with Gasteiger partial charge in [0.1, 0.15) is 11.5 Å². The normalized spacial score (nSPS) is 9.57. The van der Waals surface area contributed by atoms with Crippen LogP contribution >= 0.6 is 0 Å². The molecule has 0 atom stereocenters. The molecule has 0 fully saturated rings. The molecule has 76 valence electrons. The van der Waals surface area contributed by atoms with Crippen molar-refractivity contribution >= 4 is 0 Å². The van der Waals surface area contributed by atoms with Crippen molar-refractivity contribution in [2.75, 3.05) is 13.9 Å². The van der Waals surface area contributed by atoms with E-state index in [9.17, 15) is 0 Å². The summed E-state index contributed by atoms with van der Waals surface area (Å²) in [4.78, 5) is 0. The van der Waals surface area contributed by atoms with Crippen LogP contribution < -0.4 is 9.47 Å². The molecule has 1 rings (SSSR count). The van der Waals surface area contributed by atoms with Gasteiger partial charge in [0.05, 0.1) is 7.11 Å². The van der Waals surface area contributed by atoms with Crippen molar-refractivity contribution in [1.29, 1.82) is 0 Å². The zero-order valence-corrected chi connectivity index (χ0v) is 8.19. The standard InChI is InChI=1S/C11H14O3/c1-3-4-9-5-10(13-2)7-11(6-9)14-8-12/h3,5-7,12H,1,4,8H2,2H3. The molecule has 0 spiro atoms. The van der Waals surface area contributed by atoms with E-state index in [0.717, 1.165) is 12.0 Å². The molecule has 0 saturated carbocycles. The Kier molecular flexibility index (Phi) is 4.01. The van der Waals surface area contributed by atoms with Crippen molar-refractivity contribution in [3.05, 3.63) is 36.4 Å². The van der Waals surface area contributed by atoms with Crippen molar-refractivity contribution in [2.45, 2.75) is 6.42 Å². The number of methoxy groups -OCH3 is 1. The summed E-state index contributed by atoms with van der Waals surface area (Å²) in [7, 11) is 1.59. The molecule has 3 heteroatoms. The van der Waals surface area contributed by atoms with Crippen LogP contribution in [0.25, 0.3) is 0 Å². The van der Waals surface area contributed by atoms with Crippen molar-refractivity contribution in [3.8, 4) is 11.5 Å². The fraction of sp³-hybridized carbons (Fsp3) is 0.273. The van der Waals surface area contributed by atoms with Crippen LogP contribution in [0.3, 0.4) is 0 Å². The van der Waals surface area contributed by atoms with E-state index in [0.29, 0.717) is 11.5 Å². The summed E-state index contributed by atoms with van der Waals surface area (Å²) in [6.07, 6.45) is 2.55. The molecule has 1 aromatic rings. The fourth-order valence-electron chi connectivity index (χ4n) is 1.19. The Hall–Kier alpha value is -1.48. The lowest BCUT2D eigenvalue weighted by molar-refractivity contribution is 0.0982. The molecule has 0 aliphatic heterocycles. The molecule has 0 amide bonds. The number of ether oxygens (including phenoxy) is 2. The predicted molar refractivity (Wildman–Crippen MR) is 54.6 cm³/mol. The first kappa shape index (κ1) is 10.6. The largest absolute Gasteiger partial charge is 0.497 e. The number of rotatable bonds is 5. The molecular weight excluding hydrogens is 180 g/mol. The van der Waals surface area contributed by atoms with Gasteiger partial charge in [0.25, 0.3) is 0 Å². The second-order valence-electron chi connectivity index (χ2n) is 2.78. The van der Waals surface area contributed by atoms with Crippen molar-refractivity contribution in [2.24, 2.45) is 0 Å². The maximum Gasteiger partial charge on any atom is 0.186 e. The first-order chi connectivity index (χ1) is 6.80. The van der Waals surface area contributed by atoms with Gasteiger partial charge in [-0.2, -0.15) is 0 Å². The molecule has 0 aliphatic carbocycles. The quantitative estimate of drug-likeness (QED) is 0.573. The highest BCUT2D eigenvalue weighted by molar-refractivity contribution is 5.39. The Labute approximate surface area is 83.6 Å². The SMILES string of the molecule is C=CCc1cc(OC)cc(OCO)c1. The van der Waals surface area contributed by atoms with Gasteiger partial charge in [-0.05, 0) is 24.1 Å². The lowest BCUT2D eigenvalue weighted by Crippen LogP contribution is -1.96. The summed E-state index contributed by atoms with van der Waals surface area (Å²) < 4.78 is 10.1. The number of allylic oxidation sites excluding steroid dienone is 1. The molecule has 3 nitrogen and oxygen atoms in total. The fourth-order valence-corrected chi connectivity index (χ4v) is 1.19. The molecule has 14 heavy (non-hydrogen) atoms. The summed E-state index contributed by atoms with van der Waals surface area (Å²) in [5, 5.41) is 8.62. The minimum atomic E-state index is -0.333. The first-order valence-corrected chi connectivity index (χ1v) is 4.32. The zero-order valence-electron chi connectivity index (χ0n) is 8.19. The Bertz CT molecular complexity index is 307. The molecule has 0 heterocycles. The predicted octanol–water partition coefficient (Wildman–Crippen LogP) is 1.75. The van der Waals surface area contributed by atoms with E-state index in [1.165, 1.54) is 0 Å². The third-order valence-corrected chi connectivity index (χ3v) is 1.79. The highest BCUT2D eigenvalue weighted by Gasteiger charge is 2.00. The van der Waals surface area contributed by atoms with Gasteiger partial charge in [-0.25, -0.2) is 0 Å². The summed E-state index contributed by atoms with van der Waals surface area (Å²) in [5.41, 5.74) is 1.04. The lowest BCUT2D eigenvalue weighted by atomic mass is 10.1. The summed E-state index contributed by atoms with van der Waals surface area (Å²) in [6, 6.07) is 5.48. The number of aliphatic hydroxyl groups is 1. The number of benzene rings is 1. The number of hydrogen-bond acceptors (Lipinski definition) is 3. The maximum atomic E-state index is 8.62. The Morgan fingerprint density at radius 3 is 2.64 bits per heavy atom. The summed E-state index contributed by atoms with van der Waals surface area (Å²) in [5.74, 6) is 1.32. The van der Waals surface area contributed by atoms with Crippen LogP contribution in [0.5, 0.6) is 11.5 Å². The highest BCUT2D eigenvalue weighted by atomic mass is 16.6. The minimum Gasteiger partial charge on any atom is -0.497 e. The van der Waals surface area contributed by atoms with Crippen LogP contribution in [0.2, 0.25) is 0 Å². The minimum absolute atomic E-state index is 0.333. The lowest BCUT2D eigenvalue weighted by Gasteiger charge is -2.07. The van der Waals surface area contributed by atoms with Crippen LogP contribution in [0, 0.1) is 0 Å². The van der Waals surface area contributed by atoms with E-state index in [2.05, 4.69) is 6.58 Å². The molecule has 0 radical (unpaired) electrons. The molecule has 1 N–H and O–H groups in total. The van der Waals surface area contributed by atoms with Crippen LogP contribution in [0.15, 0.2) is 30.9 Å². The van der Waals surface area contributed by atoms with Crippen molar-refractivity contribution in [1.82, 2.24) is 0 Å². The second kappa shape index (κ2) is 5.29. The van der Waals surface area contributed by atoms with Crippen molar-refractivity contribution in [3.63, 3.8) is 0 Å². The van der Waals surface area contributed by atoms with Crippen LogP contribution in [-0.4, -0.2) is 19.0 Å². The van der Waals surface area contributed by atoms with Gasteiger partial charge in [0.15, 0.2) is 6.79 Å². The second-order valence-corrected chi connectivity index (χ2v) is 2.78. The monoisotopic (exact) mass is 194 g/mol. The van der Waals surface area contributed by atoms with Crippen LogP contribution in [-0.2, 0) is 6.42 Å². The average Bonchev–Trinajstić information content (AvgIpc) is 2.18. The maximum absolute atomic E-state index is 8.62. The first-order valence-electron chi connectivity index (χ1n) is 4.32. The number of hydrogen-bond donors (Lipinski definition) is 1. The zero-order chi connectivity index (χ0) is 10.4. The van der Waals surface area contributed by atoms with Gasteiger partial charge in [-0.1, -0.05) is 6.08 Å². The molecule has 0 aliphatic rings. The third-order valence-electron chi connectivity index (χ3n) is 1.79. The van der Waals surface area contributed by atoms with Crippen LogP contribution in [0.4, 0.5) is 0 Å². The molecule has 0 unspecified atom stereocenters. The van der Waals surface area contributed by atoms with E-state index in [-0.39, 0.29) is 6.79 Å². The molecular formula is C11H14O3. The van der Waals surface area contributed by atoms with Gasteiger partial charge in [-0.3, -0.25) is 0 Å². The van der Waals surface area contributed by atoms with E-state index in [1.54, 1.807) is 19.3 Å². The van der Waals surface area contributed by atoms with E-state index < -0.39 is 0 Å². The van der Waals surface area contributed by atoms with Gasteiger partial charge < -0.3 is 14.6 Å². The molecule has 0 aromatic heterocycles. The Morgan fingerprint density at radius 2 is 2.07 bits per heavy atom. The Balaban J connectivity index is 2.93. The number of aliphatic hydroxyl groups excluding tert-OH is 1. The Morgan fingerprint density at radius 1 is 1.36 bits per heavy atom. The summed E-state index contributed by atoms with van der Waals surface area (Å²) in [6.45, 7) is 3.32. The van der Waals surface area contributed by atoms with Gasteiger partial charge in [0, 0.05) is 6.07 Å². The molecule has 1 aromatic carbocycles. The molecule has 0 saturated heterocycles. The average molecular weight is 194 g/mol. The van der Waals surface area contributed by atoms with Gasteiger partial charge in [0.2, 0.25) is 0 Å². The smallest absolute Gasteiger partial charge is 0.186 e. The van der Waals surface area contributed by atoms with E-state index in [1.807, 2.05) is 12.1 Å². The van der Waals surface area contributed by atoms with E-state index >= 15 is 0 Å². The van der Waals surface area contributed by atoms with Gasteiger partial charge >= 0.3 is 0 Å².